The summed E-state index contributed by atoms with van der Waals surface area (Å²) in [4.78, 5) is 11.9. The SMILES string of the molecule is CN[C@H](C(=O)Cc1ccccc1)C(C)C. The van der Waals surface area contributed by atoms with Crippen LogP contribution >= 0.6 is 0 Å². The topological polar surface area (TPSA) is 29.1 Å². The number of hydrogen-bond acceptors (Lipinski definition) is 2. The quantitative estimate of drug-likeness (QED) is 0.797. The summed E-state index contributed by atoms with van der Waals surface area (Å²) in [6.07, 6.45) is 0.518. The van der Waals surface area contributed by atoms with Gasteiger partial charge in [-0.15, -0.1) is 0 Å². The maximum Gasteiger partial charge on any atom is 0.154 e. The Hall–Kier alpha value is -1.15. The Kier molecular flexibility index (Phi) is 4.50. The van der Waals surface area contributed by atoms with Crippen molar-refractivity contribution >= 4 is 5.78 Å². The first-order chi connectivity index (χ1) is 7.15. The van der Waals surface area contributed by atoms with E-state index in [1.807, 2.05) is 37.4 Å². The van der Waals surface area contributed by atoms with Crippen molar-refractivity contribution in [1.82, 2.24) is 5.32 Å². The second kappa shape index (κ2) is 5.66. The summed E-state index contributed by atoms with van der Waals surface area (Å²) >= 11 is 0. The van der Waals surface area contributed by atoms with E-state index in [0.717, 1.165) is 5.56 Å². The first kappa shape index (κ1) is 11.9. The third kappa shape index (κ3) is 3.48. The van der Waals surface area contributed by atoms with Crippen molar-refractivity contribution in [2.24, 2.45) is 5.92 Å². The van der Waals surface area contributed by atoms with Gasteiger partial charge in [-0.05, 0) is 18.5 Å². The predicted molar refractivity (Wildman–Crippen MR) is 62.8 cm³/mol. The van der Waals surface area contributed by atoms with Crippen molar-refractivity contribution in [2.45, 2.75) is 26.3 Å². The Labute approximate surface area is 91.7 Å². The van der Waals surface area contributed by atoms with E-state index in [9.17, 15) is 4.79 Å². The van der Waals surface area contributed by atoms with Gasteiger partial charge in [0, 0.05) is 6.42 Å². The molecule has 0 bridgehead atoms. The molecule has 1 atom stereocenters. The highest BCUT2D eigenvalue weighted by Gasteiger charge is 2.19. The first-order valence-corrected chi connectivity index (χ1v) is 5.39. The van der Waals surface area contributed by atoms with Crippen LogP contribution in [0.15, 0.2) is 30.3 Å². The van der Waals surface area contributed by atoms with Gasteiger partial charge < -0.3 is 5.32 Å². The third-order valence-corrected chi connectivity index (χ3v) is 2.55. The van der Waals surface area contributed by atoms with Crippen LogP contribution in [-0.4, -0.2) is 18.9 Å². The lowest BCUT2D eigenvalue weighted by molar-refractivity contribution is -0.121. The normalized spacial score (nSPS) is 12.8. The Morgan fingerprint density at radius 1 is 1.27 bits per heavy atom. The minimum absolute atomic E-state index is 0.0368. The minimum atomic E-state index is -0.0368. The molecule has 15 heavy (non-hydrogen) atoms. The van der Waals surface area contributed by atoms with E-state index in [0.29, 0.717) is 12.3 Å². The van der Waals surface area contributed by atoms with Crippen molar-refractivity contribution in [1.29, 1.82) is 0 Å². The number of Topliss-reactive ketones (excluding diaryl/α,β-unsaturated/α-hetero) is 1. The molecule has 0 saturated carbocycles. The molecule has 0 unspecified atom stereocenters. The second-order valence-corrected chi connectivity index (χ2v) is 4.14. The van der Waals surface area contributed by atoms with Gasteiger partial charge in [0.15, 0.2) is 5.78 Å². The van der Waals surface area contributed by atoms with Crippen molar-refractivity contribution in [3.05, 3.63) is 35.9 Å². The van der Waals surface area contributed by atoms with Crippen LogP contribution in [0.2, 0.25) is 0 Å². The van der Waals surface area contributed by atoms with E-state index >= 15 is 0 Å². The molecule has 0 aliphatic rings. The Bertz CT molecular complexity index is 306. The summed E-state index contributed by atoms with van der Waals surface area (Å²) in [5.74, 6) is 0.602. The van der Waals surface area contributed by atoms with Gasteiger partial charge in [-0.2, -0.15) is 0 Å². The number of hydrogen-bond donors (Lipinski definition) is 1. The molecule has 0 aromatic heterocycles. The number of likely N-dealkylation sites (N-methyl/N-ethyl adjacent to an activating group) is 1. The highest BCUT2D eigenvalue weighted by molar-refractivity contribution is 5.86. The molecule has 1 N–H and O–H groups in total. The second-order valence-electron chi connectivity index (χ2n) is 4.14. The van der Waals surface area contributed by atoms with Crippen molar-refractivity contribution < 1.29 is 4.79 Å². The van der Waals surface area contributed by atoms with Crippen LogP contribution in [0.1, 0.15) is 19.4 Å². The summed E-state index contributed by atoms with van der Waals surface area (Å²) < 4.78 is 0. The predicted octanol–water partition coefficient (Wildman–Crippen LogP) is 2.04. The summed E-state index contributed by atoms with van der Waals surface area (Å²) in [7, 11) is 1.84. The maximum atomic E-state index is 11.9. The van der Waals surface area contributed by atoms with Gasteiger partial charge in [-0.25, -0.2) is 0 Å². The number of carbonyl (C=O) groups is 1. The van der Waals surface area contributed by atoms with E-state index in [1.165, 1.54) is 0 Å². The summed E-state index contributed by atoms with van der Waals surface area (Å²) in [5, 5.41) is 3.07. The van der Waals surface area contributed by atoms with E-state index in [1.54, 1.807) is 0 Å². The molecule has 1 aromatic rings. The van der Waals surface area contributed by atoms with Gasteiger partial charge in [0.05, 0.1) is 6.04 Å². The number of ketones is 1. The molecule has 0 amide bonds. The van der Waals surface area contributed by atoms with Crippen LogP contribution in [0.25, 0.3) is 0 Å². The zero-order valence-electron chi connectivity index (χ0n) is 9.66. The van der Waals surface area contributed by atoms with E-state index < -0.39 is 0 Å². The monoisotopic (exact) mass is 205 g/mol. The van der Waals surface area contributed by atoms with Gasteiger partial charge in [0.25, 0.3) is 0 Å². The highest BCUT2D eigenvalue weighted by atomic mass is 16.1. The number of nitrogens with one attached hydrogen (secondary N) is 1. The maximum absolute atomic E-state index is 11.9. The van der Waals surface area contributed by atoms with Gasteiger partial charge >= 0.3 is 0 Å². The zero-order chi connectivity index (χ0) is 11.3. The van der Waals surface area contributed by atoms with Gasteiger partial charge in [-0.3, -0.25) is 4.79 Å². The lowest BCUT2D eigenvalue weighted by atomic mass is 9.95. The lowest BCUT2D eigenvalue weighted by Crippen LogP contribution is -2.39. The molecule has 0 aliphatic heterocycles. The fourth-order valence-corrected chi connectivity index (χ4v) is 1.77. The summed E-state index contributed by atoms with van der Waals surface area (Å²) in [5.41, 5.74) is 1.09. The van der Waals surface area contributed by atoms with Crippen molar-refractivity contribution in [3.63, 3.8) is 0 Å². The molecular weight excluding hydrogens is 186 g/mol. The fourth-order valence-electron chi connectivity index (χ4n) is 1.77. The molecule has 0 aliphatic carbocycles. The Morgan fingerprint density at radius 3 is 2.33 bits per heavy atom. The minimum Gasteiger partial charge on any atom is -0.310 e. The molecule has 82 valence electrons. The van der Waals surface area contributed by atoms with Crippen LogP contribution in [0.3, 0.4) is 0 Å². The highest BCUT2D eigenvalue weighted by Crippen LogP contribution is 2.07. The molecule has 0 heterocycles. The number of benzene rings is 1. The van der Waals surface area contributed by atoms with Gasteiger partial charge in [-0.1, -0.05) is 44.2 Å². The van der Waals surface area contributed by atoms with Crippen molar-refractivity contribution in [3.8, 4) is 0 Å². The smallest absolute Gasteiger partial charge is 0.154 e. The van der Waals surface area contributed by atoms with E-state index in [-0.39, 0.29) is 11.8 Å². The Balaban J connectivity index is 2.62. The lowest BCUT2D eigenvalue weighted by Gasteiger charge is -2.18. The van der Waals surface area contributed by atoms with Crippen LogP contribution in [0.5, 0.6) is 0 Å². The third-order valence-electron chi connectivity index (χ3n) is 2.55. The van der Waals surface area contributed by atoms with E-state index in [2.05, 4.69) is 19.2 Å². The summed E-state index contributed by atoms with van der Waals surface area (Å²) in [6.45, 7) is 4.12. The van der Waals surface area contributed by atoms with Crippen LogP contribution < -0.4 is 5.32 Å². The number of rotatable bonds is 5. The average Bonchev–Trinajstić information content (AvgIpc) is 2.19. The van der Waals surface area contributed by atoms with Crippen LogP contribution in [0.4, 0.5) is 0 Å². The molecule has 0 fully saturated rings. The largest absolute Gasteiger partial charge is 0.310 e. The van der Waals surface area contributed by atoms with Crippen LogP contribution in [-0.2, 0) is 11.2 Å². The summed E-state index contributed by atoms with van der Waals surface area (Å²) in [6, 6.07) is 9.84. The molecular formula is C13H19NO. The molecule has 2 heteroatoms. The first-order valence-electron chi connectivity index (χ1n) is 5.39. The van der Waals surface area contributed by atoms with Crippen LogP contribution in [0, 0.1) is 5.92 Å². The fraction of sp³-hybridized carbons (Fsp3) is 0.462. The molecule has 0 spiro atoms. The van der Waals surface area contributed by atoms with E-state index in [4.69, 9.17) is 0 Å². The molecule has 0 radical (unpaired) electrons. The zero-order valence-corrected chi connectivity index (χ0v) is 9.66. The average molecular weight is 205 g/mol. The Morgan fingerprint density at radius 2 is 1.87 bits per heavy atom. The van der Waals surface area contributed by atoms with Gasteiger partial charge in [0.1, 0.15) is 0 Å². The van der Waals surface area contributed by atoms with Crippen molar-refractivity contribution in [2.75, 3.05) is 7.05 Å². The number of carbonyl (C=O) groups excluding carboxylic acids is 1. The van der Waals surface area contributed by atoms with Gasteiger partial charge in [0.2, 0.25) is 0 Å². The standard InChI is InChI=1S/C13H19NO/c1-10(2)13(14-3)12(15)9-11-7-5-4-6-8-11/h4-8,10,13-14H,9H2,1-3H3/t13-/m0/s1. The molecule has 0 saturated heterocycles. The molecule has 1 rings (SSSR count). The molecule has 2 nitrogen and oxygen atoms in total. The molecule has 1 aromatic carbocycles.